The lowest BCUT2D eigenvalue weighted by Gasteiger charge is -2.06. The molecule has 1 amide bonds. The number of nitrogens with zero attached hydrogens (tertiary/aromatic N) is 2. The molecule has 0 heterocycles. The first-order valence-corrected chi connectivity index (χ1v) is 6.84. The molecular formula is C17H15N3O3. The smallest absolute Gasteiger partial charge is 0.277 e. The number of phenolic OH excluding ortho intramolecular Hbond substituents is 1. The maximum atomic E-state index is 11.7. The predicted molar refractivity (Wildman–Crippen MR) is 85.2 cm³/mol. The second-order valence-corrected chi connectivity index (χ2v) is 4.70. The molecule has 0 aliphatic carbocycles. The van der Waals surface area contributed by atoms with Crippen LogP contribution >= 0.6 is 0 Å². The summed E-state index contributed by atoms with van der Waals surface area (Å²) in [7, 11) is 0. The highest BCUT2D eigenvalue weighted by Gasteiger charge is 2.05. The standard InChI is InChI=1S/C17H15N3O3/c1-12-5-4-7-14(17(12)22)10-19-20-16(21)11-23-15-8-3-2-6-13(15)9-18/h2-8,10,22H,11H2,1H3,(H,20,21). The minimum atomic E-state index is -0.471. The maximum Gasteiger partial charge on any atom is 0.277 e. The van der Waals surface area contributed by atoms with E-state index in [4.69, 9.17) is 10.00 Å². The third kappa shape index (κ3) is 4.32. The zero-order valence-corrected chi connectivity index (χ0v) is 12.5. The quantitative estimate of drug-likeness (QED) is 0.653. The number of hydrazone groups is 1. The average molecular weight is 309 g/mol. The monoisotopic (exact) mass is 309 g/mol. The second-order valence-electron chi connectivity index (χ2n) is 4.70. The molecule has 0 atom stereocenters. The summed E-state index contributed by atoms with van der Waals surface area (Å²) in [4.78, 5) is 11.7. The van der Waals surface area contributed by atoms with Gasteiger partial charge in [-0.15, -0.1) is 0 Å². The molecule has 2 rings (SSSR count). The number of nitrogens with one attached hydrogen (secondary N) is 1. The number of carbonyl (C=O) groups is 1. The molecule has 0 aliphatic heterocycles. The van der Waals surface area contributed by atoms with E-state index in [1.54, 1.807) is 49.4 Å². The maximum absolute atomic E-state index is 11.7. The zero-order valence-electron chi connectivity index (χ0n) is 12.5. The molecule has 2 aromatic rings. The molecule has 0 aliphatic rings. The van der Waals surface area contributed by atoms with Gasteiger partial charge in [-0.3, -0.25) is 4.79 Å². The molecule has 0 bridgehead atoms. The van der Waals surface area contributed by atoms with E-state index < -0.39 is 5.91 Å². The molecule has 116 valence electrons. The minimum Gasteiger partial charge on any atom is -0.507 e. The van der Waals surface area contributed by atoms with Gasteiger partial charge in [0.1, 0.15) is 17.6 Å². The van der Waals surface area contributed by atoms with Crippen LogP contribution < -0.4 is 10.2 Å². The van der Waals surface area contributed by atoms with Gasteiger partial charge in [-0.25, -0.2) is 5.43 Å². The Labute approximate surface area is 133 Å². The summed E-state index contributed by atoms with van der Waals surface area (Å²) in [5.74, 6) is -0.0173. The third-order valence-corrected chi connectivity index (χ3v) is 3.03. The highest BCUT2D eigenvalue weighted by atomic mass is 16.5. The molecule has 0 saturated carbocycles. The van der Waals surface area contributed by atoms with Crippen molar-refractivity contribution in [2.75, 3.05) is 6.61 Å². The summed E-state index contributed by atoms with van der Waals surface area (Å²) in [6.45, 7) is 1.50. The number of aryl methyl sites for hydroxylation is 1. The summed E-state index contributed by atoms with van der Waals surface area (Å²) in [6.07, 6.45) is 1.35. The fourth-order valence-electron chi connectivity index (χ4n) is 1.82. The van der Waals surface area contributed by atoms with Crippen LogP contribution in [0.2, 0.25) is 0 Å². The summed E-state index contributed by atoms with van der Waals surface area (Å²) >= 11 is 0. The van der Waals surface area contributed by atoms with Gasteiger partial charge in [0.05, 0.1) is 11.8 Å². The Hall–Kier alpha value is -3.33. The predicted octanol–water partition coefficient (Wildman–Crippen LogP) is 2.10. The van der Waals surface area contributed by atoms with Crippen LogP contribution in [0.1, 0.15) is 16.7 Å². The molecule has 0 unspecified atom stereocenters. The van der Waals surface area contributed by atoms with Crippen LogP contribution in [-0.2, 0) is 4.79 Å². The first kappa shape index (κ1) is 16.0. The molecule has 6 heteroatoms. The molecule has 23 heavy (non-hydrogen) atoms. The van der Waals surface area contributed by atoms with E-state index in [0.717, 1.165) is 5.56 Å². The molecule has 6 nitrogen and oxygen atoms in total. The Kier molecular flexibility index (Phi) is 5.31. The first-order chi connectivity index (χ1) is 11.1. The van der Waals surface area contributed by atoms with E-state index in [2.05, 4.69) is 10.5 Å². The van der Waals surface area contributed by atoms with Crippen LogP contribution in [0.15, 0.2) is 47.6 Å². The van der Waals surface area contributed by atoms with E-state index in [1.807, 2.05) is 6.07 Å². The number of aromatic hydroxyl groups is 1. The van der Waals surface area contributed by atoms with Gasteiger partial charge >= 0.3 is 0 Å². The van der Waals surface area contributed by atoms with Gasteiger partial charge in [-0.2, -0.15) is 10.4 Å². The topological polar surface area (TPSA) is 94.7 Å². The van der Waals surface area contributed by atoms with E-state index in [-0.39, 0.29) is 12.4 Å². The highest BCUT2D eigenvalue weighted by Crippen LogP contribution is 2.19. The molecule has 0 spiro atoms. The van der Waals surface area contributed by atoms with Crippen molar-refractivity contribution in [3.63, 3.8) is 0 Å². The molecular weight excluding hydrogens is 294 g/mol. The molecule has 2 N–H and O–H groups in total. The molecule has 0 saturated heterocycles. The lowest BCUT2D eigenvalue weighted by atomic mass is 10.1. The first-order valence-electron chi connectivity index (χ1n) is 6.84. The number of carbonyl (C=O) groups excluding carboxylic acids is 1. The number of ether oxygens (including phenoxy) is 1. The second kappa shape index (κ2) is 7.61. The molecule has 2 aromatic carbocycles. The van der Waals surface area contributed by atoms with E-state index in [1.165, 1.54) is 6.21 Å². The number of benzene rings is 2. The summed E-state index contributed by atoms with van der Waals surface area (Å²) in [6, 6.07) is 13.8. The fourth-order valence-corrected chi connectivity index (χ4v) is 1.82. The number of phenols is 1. The lowest BCUT2D eigenvalue weighted by molar-refractivity contribution is -0.123. The number of nitriles is 1. The molecule has 0 fully saturated rings. The number of rotatable bonds is 5. The normalized spacial score (nSPS) is 10.3. The van der Waals surface area contributed by atoms with Crippen molar-refractivity contribution >= 4 is 12.1 Å². The van der Waals surface area contributed by atoms with Gasteiger partial charge in [0.15, 0.2) is 6.61 Å². The van der Waals surface area contributed by atoms with E-state index >= 15 is 0 Å². The number of para-hydroxylation sites is 2. The van der Waals surface area contributed by atoms with E-state index in [9.17, 15) is 9.90 Å². The molecule has 0 aromatic heterocycles. The Morgan fingerprint density at radius 2 is 2.13 bits per heavy atom. The average Bonchev–Trinajstić information content (AvgIpc) is 2.57. The van der Waals surface area contributed by atoms with Gasteiger partial charge in [0.25, 0.3) is 5.91 Å². The van der Waals surface area contributed by atoms with Crippen molar-refractivity contribution in [2.24, 2.45) is 5.10 Å². The number of hydrogen-bond donors (Lipinski definition) is 2. The number of hydrogen-bond acceptors (Lipinski definition) is 5. The minimum absolute atomic E-state index is 0.115. The van der Waals surface area contributed by atoms with Crippen molar-refractivity contribution in [2.45, 2.75) is 6.92 Å². The van der Waals surface area contributed by atoms with Gasteiger partial charge < -0.3 is 9.84 Å². The van der Waals surface area contributed by atoms with Crippen LogP contribution in [0.5, 0.6) is 11.5 Å². The van der Waals surface area contributed by atoms with Crippen molar-refractivity contribution in [3.8, 4) is 17.6 Å². The van der Waals surface area contributed by atoms with Crippen LogP contribution in [0.3, 0.4) is 0 Å². The van der Waals surface area contributed by atoms with E-state index in [0.29, 0.717) is 16.9 Å². The van der Waals surface area contributed by atoms with Crippen LogP contribution in [0.4, 0.5) is 0 Å². The highest BCUT2D eigenvalue weighted by molar-refractivity contribution is 5.85. The molecule has 0 radical (unpaired) electrons. The lowest BCUT2D eigenvalue weighted by Crippen LogP contribution is -2.24. The summed E-state index contributed by atoms with van der Waals surface area (Å²) in [5, 5.41) is 22.5. The summed E-state index contributed by atoms with van der Waals surface area (Å²) in [5.41, 5.74) is 3.87. The fraction of sp³-hybridized carbons (Fsp3) is 0.118. The van der Waals surface area contributed by atoms with Gasteiger partial charge in [-0.05, 0) is 30.7 Å². The van der Waals surface area contributed by atoms with Crippen LogP contribution in [-0.4, -0.2) is 23.8 Å². The Morgan fingerprint density at radius 1 is 1.35 bits per heavy atom. The van der Waals surface area contributed by atoms with Crippen molar-refractivity contribution in [1.29, 1.82) is 5.26 Å². The van der Waals surface area contributed by atoms with Crippen molar-refractivity contribution in [1.82, 2.24) is 5.43 Å². The van der Waals surface area contributed by atoms with Crippen molar-refractivity contribution < 1.29 is 14.6 Å². The largest absolute Gasteiger partial charge is 0.507 e. The van der Waals surface area contributed by atoms with Gasteiger partial charge in [0.2, 0.25) is 0 Å². The summed E-state index contributed by atoms with van der Waals surface area (Å²) < 4.78 is 5.28. The van der Waals surface area contributed by atoms with Crippen LogP contribution in [0.25, 0.3) is 0 Å². The Balaban J connectivity index is 1.89. The SMILES string of the molecule is Cc1cccc(C=NNC(=O)COc2ccccc2C#N)c1O. The van der Waals surface area contributed by atoms with Gasteiger partial charge in [0, 0.05) is 5.56 Å². The number of amides is 1. The third-order valence-electron chi connectivity index (χ3n) is 3.03. The van der Waals surface area contributed by atoms with Crippen molar-refractivity contribution in [3.05, 3.63) is 59.2 Å². The van der Waals surface area contributed by atoms with Crippen LogP contribution in [0, 0.1) is 18.3 Å². The zero-order chi connectivity index (χ0) is 16.7. The van der Waals surface area contributed by atoms with Gasteiger partial charge in [-0.1, -0.05) is 24.3 Å². The Morgan fingerprint density at radius 3 is 2.91 bits per heavy atom. The Bertz CT molecular complexity index is 779.